The molecular weight excluding hydrogens is 411 g/mol. The van der Waals surface area contributed by atoms with Gasteiger partial charge in [0.25, 0.3) is 0 Å². The average molecular weight is 446 g/mol. The Kier molecular flexibility index (Phi) is 20.0. The van der Waals surface area contributed by atoms with E-state index in [9.17, 15) is 14.4 Å². The molecule has 0 saturated carbocycles. The lowest BCUT2D eigenvalue weighted by Crippen LogP contribution is -2.26. The molecule has 0 aliphatic carbocycles. The first-order valence-electron chi connectivity index (χ1n) is 8.76. The zero-order valence-corrected chi connectivity index (χ0v) is 18.3. The van der Waals surface area contributed by atoms with Crippen molar-refractivity contribution < 1.29 is 40.0 Å². The SMILES string of the molecule is C.C.CCOC(=O)C=C(C)[O][Al]([O]C(C)=CC(=O)OCC)[O]C(C)=CC(=O)OCC. The summed E-state index contributed by atoms with van der Waals surface area (Å²) < 4.78 is 31.1. The van der Waals surface area contributed by atoms with Crippen LogP contribution in [0, 0.1) is 0 Å². The highest BCUT2D eigenvalue weighted by atomic mass is 27.3. The molecule has 0 fully saturated rings. The average Bonchev–Trinajstić information content (AvgIpc) is 2.54. The molecule has 0 N–H and O–H groups in total. The van der Waals surface area contributed by atoms with E-state index in [-0.39, 0.29) is 52.0 Å². The molecule has 0 bridgehead atoms. The summed E-state index contributed by atoms with van der Waals surface area (Å²) in [5, 5.41) is 0. The molecule has 0 aromatic rings. The Morgan fingerprint density at radius 3 is 1.03 bits per heavy atom. The van der Waals surface area contributed by atoms with Crippen LogP contribution in [0.5, 0.6) is 0 Å². The second-order valence-electron chi connectivity index (χ2n) is 5.16. The lowest BCUT2D eigenvalue weighted by Gasteiger charge is -2.17. The van der Waals surface area contributed by atoms with Gasteiger partial charge in [0.05, 0.1) is 55.3 Å². The van der Waals surface area contributed by atoms with Gasteiger partial charge in [0.1, 0.15) is 0 Å². The molecule has 0 aromatic heterocycles. The molecule has 172 valence electrons. The van der Waals surface area contributed by atoms with Crippen LogP contribution < -0.4 is 0 Å². The van der Waals surface area contributed by atoms with Crippen molar-refractivity contribution in [3.05, 3.63) is 35.5 Å². The summed E-state index contributed by atoms with van der Waals surface area (Å²) in [6, 6.07) is 0. The Hall–Kier alpha value is -2.44. The molecule has 0 amide bonds. The largest absolute Gasteiger partial charge is 1.20 e. The molecule has 30 heavy (non-hydrogen) atoms. The van der Waals surface area contributed by atoms with Crippen LogP contribution in [0.1, 0.15) is 56.4 Å². The molecule has 0 aliphatic rings. The van der Waals surface area contributed by atoms with Gasteiger partial charge in [-0.2, -0.15) is 0 Å². The van der Waals surface area contributed by atoms with Gasteiger partial charge in [-0.05, 0) is 41.5 Å². The standard InChI is InChI=1S/3C6H10O3.2CH4.Al/c3*1-3-9-6(8)4-5(2)7;;;/h3*4,7H,3H2,1-2H3;2*1H4;/q;;;;;+3/p-3. The van der Waals surface area contributed by atoms with Crippen LogP contribution >= 0.6 is 0 Å². The number of hydrogen-bond acceptors (Lipinski definition) is 9. The van der Waals surface area contributed by atoms with E-state index in [0.717, 1.165) is 18.2 Å². The van der Waals surface area contributed by atoms with Crippen LogP contribution in [-0.2, 0) is 40.0 Å². The summed E-state index contributed by atoms with van der Waals surface area (Å²) in [4.78, 5) is 34.6. The fourth-order valence-electron chi connectivity index (χ4n) is 1.68. The van der Waals surface area contributed by atoms with Gasteiger partial charge in [-0.3, -0.25) is 0 Å². The topological polar surface area (TPSA) is 107 Å². The Bertz CT molecular complexity index is 538. The zero-order valence-electron chi connectivity index (χ0n) is 17.1. The fraction of sp³-hybridized carbons (Fsp3) is 0.550. The number of hydrogen-bond donors (Lipinski definition) is 0. The van der Waals surface area contributed by atoms with E-state index < -0.39 is 33.1 Å². The summed E-state index contributed by atoms with van der Waals surface area (Å²) in [5.74, 6) is -1.14. The van der Waals surface area contributed by atoms with E-state index in [1.807, 2.05) is 0 Å². The van der Waals surface area contributed by atoms with Crippen LogP contribution in [0.15, 0.2) is 35.5 Å². The maximum absolute atomic E-state index is 11.5. The molecule has 0 radical (unpaired) electrons. The van der Waals surface area contributed by atoms with Crippen molar-refractivity contribution in [3.63, 3.8) is 0 Å². The van der Waals surface area contributed by atoms with Crippen LogP contribution in [0.2, 0.25) is 0 Å². The Labute approximate surface area is 185 Å². The van der Waals surface area contributed by atoms with Crippen molar-refractivity contribution in [2.24, 2.45) is 0 Å². The predicted octanol–water partition coefficient (Wildman–Crippen LogP) is 3.69. The smallest absolute Gasteiger partial charge is 0.580 e. The van der Waals surface area contributed by atoms with Crippen molar-refractivity contribution in [2.75, 3.05) is 19.8 Å². The first kappa shape index (κ1) is 32.2. The first-order chi connectivity index (χ1) is 13.2. The van der Waals surface area contributed by atoms with E-state index in [1.54, 1.807) is 20.8 Å². The van der Waals surface area contributed by atoms with Gasteiger partial charge in [-0.15, -0.1) is 0 Å². The fourth-order valence-corrected chi connectivity index (χ4v) is 2.94. The molecule has 0 rings (SSSR count). The molecule has 0 saturated heterocycles. The lowest BCUT2D eigenvalue weighted by molar-refractivity contribution is -0.138. The van der Waals surface area contributed by atoms with Crippen LogP contribution in [-0.4, -0.2) is 52.9 Å². The highest BCUT2D eigenvalue weighted by molar-refractivity contribution is 6.37. The number of carbonyl (C=O) groups excluding carboxylic acids is 3. The van der Waals surface area contributed by atoms with E-state index in [2.05, 4.69) is 0 Å². The monoisotopic (exact) mass is 446 g/mol. The van der Waals surface area contributed by atoms with Gasteiger partial charge < -0.3 is 25.6 Å². The minimum Gasteiger partial charge on any atom is -0.580 e. The van der Waals surface area contributed by atoms with Crippen LogP contribution in [0.4, 0.5) is 0 Å². The predicted molar refractivity (Wildman–Crippen MR) is 114 cm³/mol. The Balaban J connectivity index is -0.00000364. The number of carbonyl (C=O) groups is 3. The summed E-state index contributed by atoms with van der Waals surface area (Å²) in [6.45, 7) is 10.3. The summed E-state index contributed by atoms with van der Waals surface area (Å²) >= 11 is -2.97. The molecule has 0 aliphatic heterocycles. The summed E-state index contributed by atoms with van der Waals surface area (Å²) in [6.07, 6.45) is 3.43. The number of allylic oxidation sites excluding steroid dienone is 3. The second-order valence-corrected chi connectivity index (χ2v) is 6.45. The van der Waals surface area contributed by atoms with Gasteiger partial charge in [0.15, 0.2) is 0 Å². The number of rotatable bonds is 12. The molecule has 0 aromatic carbocycles. The van der Waals surface area contributed by atoms with E-state index in [4.69, 9.17) is 25.6 Å². The minimum atomic E-state index is -2.97. The van der Waals surface area contributed by atoms with E-state index in [1.165, 1.54) is 20.8 Å². The quantitative estimate of drug-likeness (QED) is 0.146. The molecule has 0 atom stereocenters. The Morgan fingerprint density at radius 1 is 0.600 bits per heavy atom. The second kappa shape index (κ2) is 18.6. The third-order valence-corrected chi connectivity index (χ3v) is 4.36. The maximum atomic E-state index is 11.5. The lowest BCUT2D eigenvalue weighted by atomic mass is 10.5. The normalized spacial score (nSPS) is 11.2. The third kappa shape index (κ3) is 16.5. The summed E-state index contributed by atoms with van der Waals surface area (Å²) in [7, 11) is 0. The molecule has 10 heteroatoms. The van der Waals surface area contributed by atoms with Gasteiger partial charge in [0, 0.05) is 0 Å². The number of esters is 3. The molecular formula is C20H35AlO9. The van der Waals surface area contributed by atoms with Crippen LogP contribution in [0.25, 0.3) is 0 Å². The zero-order chi connectivity index (χ0) is 21.5. The van der Waals surface area contributed by atoms with Crippen molar-refractivity contribution >= 4 is 33.1 Å². The molecule has 9 nitrogen and oxygen atoms in total. The van der Waals surface area contributed by atoms with Crippen molar-refractivity contribution in [1.82, 2.24) is 0 Å². The molecule has 0 spiro atoms. The third-order valence-electron chi connectivity index (χ3n) is 2.67. The first-order valence-corrected chi connectivity index (χ1v) is 10.2. The molecule has 0 heterocycles. The highest BCUT2D eigenvalue weighted by Crippen LogP contribution is 2.11. The van der Waals surface area contributed by atoms with Gasteiger partial charge in [-0.1, -0.05) is 14.9 Å². The van der Waals surface area contributed by atoms with Crippen molar-refractivity contribution in [1.29, 1.82) is 0 Å². The van der Waals surface area contributed by atoms with E-state index in [0.29, 0.717) is 0 Å². The number of ether oxygens (including phenoxy) is 3. The molecule has 0 unspecified atom stereocenters. The highest BCUT2D eigenvalue weighted by Gasteiger charge is 2.44. The van der Waals surface area contributed by atoms with Gasteiger partial charge in [-0.25, -0.2) is 14.4 Å². The van der Waals surface area contributed by atoms with Gasteiger partial charge in [0.2, 0.25) is 0 Å². The van der Waals surface area contributed by atoms with Gasteiger partial charge >= 0.3 is 33.1 Å². The van der Waals surface area contributed by atoms with Crippen molar-refractivity contribution in [3.8, 4) is 0 Å². The van der Waals surface area contributed by atoms with Crippen molar-refractivity contribution in [2.45, 2.75) is 56.4 Å². The maximum Gasteiger partial charge on any atom is 1.20 e. The Morgan fingerprint density at radius 2 is 0.833 bits per heavy atom. The van der Waals surface area contributed by atoms with Crippen LogP contribution in [0.3, 0.4) is 0 Å². The summed E-state index contributed by atoms with van der Waals surface area (Å²) in [5.41, 5.74) is 0. The minimum absolute atomic E-state index is 0. The van der Waals surface area contributed by atoms with E-state index >= 15 is 0 Å².